The SMILES string of the molecule is CC(C)(C)OC(=O)N1c2ccc(Br)cc2CCC1c1cccc(Cl)c1. The summed E-state index contributed by atoms with van der Waals surface area (Å²) in [5.41, 5.74) is 2.50. The van der Waals surface area contributed by atoms with Gasteiger partial charge in [-0.2, -0.15) is 0 Å². The van der Waals surface area contributed by atoms with Crippen LogP contribution in [0.4, 0.5) is 10.5 Å². The van der Waals surface area contributed by atoms with Gasteiger partial charge in [-0.25, -0.2) is 4.79 Å². The highest BCUT2D eigenvalue weighted by molar-refractivity contribution is 9.10. The number of carbonyl (C=O) groups is 1. The van der Waals surface area contributed by atoms with Gasteiger partial charge in [0.25, 0.3) is 0 Å². The lowest BCUT2D eigenvalue weighted by atomic mass is 9.91. The second-order valence-corrected chi connectivity index (χ2v) is 8.58. The van der Waals surface area contributed by atoms with Crippen LogP contribution in [0.2, 0.25) is 5.02 Å². The minimum atomic E-state index is -0.553. The van der Waals surface area contributed by atoms with Crippen LogP contribution < -0.4 is 4.90 Å². The summed E-state index contributed by atoms with van der Waals surface area (Å²) in [6.07, 6.45) is 1.38. The van der Waals surface area contributed by atoms with Gasteiger partial charge >= 0.3 is 6.09 Å². The van der Waals surface area contributed by atoms with E-state index in [1.54, 1.807) is 4.90 Å². The van der Waals surface area contributed by atoms with Gasteiger partial charge in [0.1, 0.15) is 5.60 Å². The predicted octanol–water partition coefficient (Wildman–Crippen LogP) is 6.53. The number of anilines is 1. The standard InChI is InChI=1S/C20H21BrClNO2/c1-20(2,3)25-19(24)23-17(13-5-4-6-16(22)12-13)9-7-14-11-15(21)8-10-18(14)23/h4-6,8,10-12,17H,7,9H2,1-3H3. The molecule has 1 unspecified atom stereocenters. The van der Waals surface area contributed by atoms with Crippen LogP contribution in [0.1, 0.15) is 44.4 Å². The summed E-state index contributed by atoms with van der Waals surface area (Å²) in [5.74, 6) is 0. The van der Waals surface area contributed by atoms with Crippen LogP contribution in [0.15, 0.2) is 46.9 Å². The van der Waals surface area contributed by atoms with Crippen molar-refractivity contribution in [2.45, 2.75) is 45.3 Å². The molecular formula is C20H21BrClNO2. The Hall–Kier alpha value is -1.52. The molecular weight excluding hydrogens is 402 g/mol. The highest BCUT2D eigenvalue weighted by Gasteiger charge is 2.35. The van der Waals surface area contributed by atoms with E-state index in [4.69, 9.17) is 16.3 Å². The molecule has 0 aromatic heterocycles. The van der Waals surface area contributed by atoms with Crippen LogP contribution in [0.5, 0.6) is 0 Å². The minimum Gasteiger partial charge on any atom is -0.443 e. The first-order valence-corrected chi connectivity index (χ1v) is 9.48. The molecule has 2 aromatic carbocycles. The first kappa shape index (κ1) is 18.3. The van der Waals surface area contributed by atoms with E-state index in [2.05, 4.69) is 22.0 Å². The Kier molecular flexibility index (Phi) is 5.12. The van der Waals surface area contributed by atoms with Gasteiger partial charge in [0.2, 0.25) is 0 Å². The lowest BCUT2D eigenvalue weighted by molar-refractivity contribution is 0.0560. The van der Waals surface area contributed by atoms with Crippen molar-refractivity contribution in [3.63, 3.8) is 0 Å². The zero-order chi connectivity index (χ0) is 18.2. The van der Waals surface area contributed by atoms with Crippen LogP contribution >= 0.6 is 27.5 Å². The normalized spacial score (nSPS) is 17.2. The fourth-order valence-electron chi connectivity index (χ4n) is 3.14. The fourth-order valence-corrected chi connectivity index (χ4v) is 3.75. The van der Waals surface area contributed by atoms with Crippen molar-refractivity contribution in [1.82, 2.24) is 0 Å². The summed E-state index contributed by atoms with van der Waals surface area (Å²) in [6.45, 7) is 5.64. The van der Waals surface area contributed by atoms with Crippen LogP contribution in [0.3, 0.4) is 0 Å². The number of fused-ring (bicyclic) bond motifs is 1. The molecule has 1 heterocycles. The number of halogens is 2. The Labute approximate surface area is 162 Å². The summed E-state index contributed by atoms with van der Waals surface area (Å²) in [6, 6.07) is 13.6. The second-order valence-electron chi connectivity index (χ2n) is 7.23. The quantitative estimate of drug-likeness (QED) is 0.523. The topological polar surface area (TPSA) is 29.5 Å². The van der Waals surface area contributed by atoms with Crippen molar-refractivity contribution < 1.29 is 9.53 Å². The molecule has 132 valence electrons. The number of aryl methyl sites for hydroxylation is 1. The van der Waals surface area contributed by atoms with Crippen molar-refractivity contribution in [1.29, 1.82) is 0 Å². The van der Waals surface area contributed by atoms with E-state index >= 15 is 0 Å². The molecule has 1 atom stereocenters. The van der Waals surface area contributed by atoms with E-state index in [0.717, 1.165) is 34.1 Å². The van der Waals surface area contributed by atoms with Gasteiger partial charge in [-0.3, -0.25) is 4.90 Å². The van der Waals surface area contributed by atoms with Gasteiger partial charge in [-0.1, -0.05) is 39.7 Å². The number of carbonyl (C=O) groups excluding carboxylic acids is 1. The zero-order valence-corrected chi connectivity index (χ0v) is 16.9. The van der Waals surface area contributed by atoms with Crippen molar-refractivity contribution in [3.05, 3.63) is 63.1 Å². The molecule has 0 saturated heterocycles. The highest BCUT2D eigenvalue weighted by Crippen LogP contribution is 2.41. The molecule has 2 aromatic rings. The van der Waals surface area contributed by atoms with Crippen LogP contribution in [-0.2, 0) is 11.2 Å². The Morgan fingerprint density at radius 2 is 2.00 bits per heavy atom. The number of hydrogen-bond donors (Lipinski definition) is 0. The molecule has 25 heavy (non-hydrogen) atoms. The molecule has 0 radical (unpaired) electrons. The van der Waals surface area contributed by atoms with Crippen molar-refractivity contribution in [2.75, 3.05) is 4.90 Å². The van der Waals surface area contributed by atoms with Crippen molar-refractivity contribution >= 4 is 39.3 Å². The molecule has 5 heteroatoms. The van der Waals surface area contributed by atoms with E-state index in [1.165, 1.54) is 0 Å². The fraction of sp³-hybridized carbons (Fsp3) is 0.350. The predicted molar refractivity (Wildman–Crippen MR) is 105 cm³/mol. The molecule has 0 N–H and O–H groups in total. The first-order valence-electron chi connectivity index (χ1n) is 8.31. The molecule has 0 bridgehead atoms. The number of benzene rings is 2. The Morgan fingerprint density at radius 3 is 2.68 bits per heavy atom. The molecule has 0 aliphatic carbocycles. The van der Waals surface area contributed by atoms with E-state index in [0.29, 0.717) is 5.02 Å². The number of rotatable bonds is 1. The maximum Gasteiger partial charge on any atom is 0.415 e. The van der Waals surface area contributed by atoms with Gasteiger partial charge in [0.05, 0.1) is 11.7 Å². The summed E-state index contributed by atoms with van der Waals surface area (Å²) in [5, 5.41) is 0.670. The maximum atomic E-state index is 13.0. The minimum absolute atomic E-state index is 0.0952. The lowest BCUT2D eigenvalue weighted by Gasteiger charge is -2.38. The average molecular weight is 423 g/mol. The summed E-state index contributed by atoms with van der Waals surface area (Å²) in [4.78, 5) is 14.8. The molecule has 0 fully saturated rings. The first-order chi connectivity index (χ1) is 11.7. The molecule has 3 nitrogen and oxygen atoms in total. The third kappa shape index (κ3) is 4.18. The number of amides is 1. The summed E-state index contributed by atoms with van der Waals surface area (Å²) in [7, 11) is 0. The van der Waals surface area contributed by atoms with Gasteiger partial charge < -0.3 is 4.74 Å². The molecule has 0 spiro atoms. The van der Waals surface area contributed by atoms with Gasteiger partial charge in [0.15, 0.2) is 0 Å². The van der Waals surface area contributed by atoms with Gasteiger partial charge in [-0.15, -0.1) is 0 Å². The Morgan fingerprint density at radius 1 is 1.24 bits per heavy atom. The zero-order valence-electron chi connectivity index (χ0n) is 14.6. The Balaban J connectivity index is 2.05. The smallest absolute Gasteiger partial charge is 0.415 e. The third-order valence-corrected chi connectivity index (χ3v) is 4.85. The van der Waals surface area contributed by atoms with E-state index < -0.39 is 5.60 Å². The number of nitrogens with zero attached hydrogens (tertiary/aromatic N) is 1. The van der Waals surface area contributed by atoms with Gasteiger partial charge in [0, 0.05) is 9.50 Å². The van der Waals surface area contributed by atoms with Gasteiger partial charge in [-0.05, 0) is 75.1 Å². The van der Waals surface area contributed by atoms with Crippen molar-refractivity contribution in [3.8, 4) is 0 Å². The maximum absolute atomic E-state index is 13.0. The summed E-state index contributed by atoms with van der Waals surface area (Å²) < 4.78 is 6.70. The van der Waals surface area contributed by atoms with E-state index in [-0.39, 0.29) is 12.1 Å². The van der Waals surface area contributed by atoms with E-state index in [1.807, 2.05) is 57.2 Å². The monoisotopic (exact) mass is 421 g/mol. The summed E-state index contributed by atoms with van der Waals surface area (Å²) >= 11 is 9.69. The van der Waals surface area contributed by atoms with Crippen LogP contribution in [0.25, 0.3) is 0 Å². The second kappa shape index (κ2) is 7.00. The molecule has 1 amide bonds. The lowest BCUT2D eigenvalue weighted by Crippen LogP contribution is -2.42. The Bertz CT molecular complexity index is 801. The largest absolute Gasteiger partial charge is 0.443 e. The number of ether oxygens (including phenoxy) is 1. The van der Waals surface area contributed by atoms with Crippen LogP contribution in [-0.4, -0.2) is 11.7 Å². The number of hydrogen-bond acceptors (Lipinski definition) is 2. The molecule has 3 rings (SSSR count). The van der Waals surface area contributed by atoms with E-state index in [9.17, 15) is 4.79 Å². The van der Waals surface area contributed by atoms with Crippen LogP contribution in [0, 0.1) is 0 Å². The molecule has 1 aliphatic heterocycles. The van der Waals surface area contributed by atoms with Crippen molar-refractivity contribution in [2.24, 2.45) is 0 Å². The third-order valence-electron chi connectivity index (χ3n) is 4.12. The molecule has 0 saturated carbocycles. The molecule has 1 aliphatic rings. The highest BCUT2D eigenvalue weighted by atomic mass is 79.9. The average Bonchev–Trinajstić information content (AvgIpc) is 2.51.